The molecule has 0 aromatic heterocycles. The highest BCUT2D eigenvalue weighted by Gasteiger charge is 2.12. The number of aliphatic hydroxyl groups excluding tert-OH is 1. The number of aliphatic hydroxyl groups is 1. The normalized spacial score (nSPS) is 12.4. The lowest BCUT2D eigenvalue weighted by Crippen LogP contribution is -2.29. The van der Waals surface area contributed by atoms with Gasteiger partial charge in [0.2, 0.25) is 0 Å². The first-order valence-electron chi connectivity index (χ1n) is 6.80. The van der Waals surface area contributed by atoms with Crippen molar-refractivity contribution in [2.24, 2.45) is 0 Å². The van der Waals surface area contributed by atoms with Crippen molar-refractivity contribution in [3.05, 3.63) is 28.2 Å². The third kappa shape index (κ3) is 5.40. The van der Waals surface area contributed by atoms with Crippen molar-refractivity contribution in [3.8, 4) is 0 Å². The van der Waals surface area contributed by atoms with Gasteiger partial charge in [-0.15, -0.1) is 0 Å². The summed E-state index contributed by atoms with van der Waals surface area (Å²) in [7, 11) is 3.42. The summed E-state index contributed by atoms with van der Waals surface area (Å²) in [5.74, 6) is 0. The fourth-order valence-electron chi connectivity index (χ4n) is 1.99. The van der Waals surface area contributed by atoms with Crippen LogP contribution in [0.25, 0.3) is 0 Å². The van der Waals surface area contributed by atoms with Crippen LogP contribution in [0.5, 0.6) is 0 Å². The first kappa shape index (κ1) is 17.4. The van der Waals surface area contributed by atoms with Crippen LogP contribution in [-0.4, -0.2) is 45.6 Å². The molecule has 0 spiro atoms. The van der Waals surface area contributed by atoms with E-state index in [2.05, 4.69) is 20.8 Å². The Hall–Kier alpha value is -0.620. The Kier molecular flexibility index (Phi) is 8.14. The summed E-state index contributed by atoms with van der Waals surface area (Å²) in [6.45, 7) is 4.92. The van der Waals surface area contributed by atoms with Gasteiger partial charge in [-0.25, -0.2) is 0 Å². The van der Waals surface area contributed by atoms with Gasteiger partial charge >= 0.3 is 0 Å². The van der Waals surface area contributed by atoms with E-state index in [0.717, 1.165) is 41.8 Å². The minimum Gasteiger partial charge on any atom is -0.389 e. The number of rotatable bonds is 9. The third-order valence-electron chi connectivity index (χ3n) is 3.14. The molecular formula is C15H24BrNO3. The summed E-state index contributed by atoms with van der Waals surface area (Å²) < 4.78 is 11.3. The quantitative estimate of drug-likeness (QED) is 0.698. The molecule has 1 N–H and O–H groups in total. The molecular weight excluding hydrogens is 322 g/mol. The number of benzene rings is 1. The standard InChI is InChI=1S/C15H24BrNO3/c1-12(18)13-5-6-15(14(16)11-13)17(8-10-20-3)7-4-9-19-2/h5-6,11-12,18H,4,7-10H2,1-3H3. The third-order valence-corrected chi connectivity index (χ3v) is 3.77. The Bertz CT molecular complexity index is 399. The van der Waals surface area contributed by atoms with Gasteiger partial charge in [-0.2, -0.15) is 0 Å². The van der Waals surface area contributed by atoms with Crippen molar-refractivity contribution in [2.45, 2.75) is 19.4 Å². The first-order chi connectivity index (χ1) is 9.60. The summed E-state index contributed by atoms with van der Waals surface area (Å²) in [6.07, 6.45) is 0.506. The van der Waals surface area contributed by atoms with E-state index in [1.54, 1.807) is 21.1 Å². The van der Waals surface area contributed by atoms with Gasteiger partial charge in [-0.3, -0.25) is 0 Å². The van der Waals surface area contributed by atoms with Gasteiger partial charge < -0.3 is 19.5 Å². The van der Waals surface area contributed by atoms with Crippen LogP contribution in [0.3, 0.4) is 0 Å². The van der Waals surface area contributed by atoms with Crippen LogP contribution in [0.4, 0.5) is 5.69 Å². The zero-order valence-corrected chi connectivity index (χ0v) is 14.0. The summed E-state index contributed by atoms with van der Waals surface area (Å²) in [6, 6.07) is 5.96. The molecule has 0 aliphatic carbocycles. The smallest absolute Gasteiger partial charge is 0.0762 e. The van der Waals surface area contributed by atoms with Gasteiger partial charge in [0.25, 0.3) is 0 Å². The van der Waals surface area contributed by atoms with E-state index in [4.69, 9.17) is 9.47 Å². The molecule has 0 aliphatic heterocycles. The molecule has 1 aromatic rings. The fourth-order valence-corrected chi connectivity index (χ4v) is 2.64. The minimum atomic E-state index is -0.457. The molecule has 0 bridgehead atoms. The lowest BCUT2D eigenvalue weighted by atomic mass is 10.1. The average Bonchev–Trinajstić information content (AvgIpc) is 2.43. The summed E-state index contributed by atoms with van der Waals surface area (Å²) in [5, 5.41) is 9.62. The molecule has 5 heteroatoms. The molecule has 0 radical (unpaired) electrons. The Labute approximate surface area is 129 Å². The second-order valence-electron chi connectivity index (χ2n) is 4.71. The maximum absolute atomic E-state index is 9.62. The molecule has 0 fully saturated rings. The lowest BCUT2D eigenvalue weighted by molar-refractivity contribution is 0.191. The molecule has 0 saturated heterocycles. The van der Waals surface area contributed by atoms with Crippen molar-refractivity contribution in [1.29, 1.82) is 0 Å². The maximum atomic E-state index is 9.62. The number of anilines is 1. The van der Waals surface area contributed by atoms with E-state index >= 15 is 0 Å². The largest absolute Gasteiger partial charge is 0.389 e. The van der Waals surface area contributed by atoms with Crippen LogP contribution >= 0.6 is 15.9 Å². The second kappa shape index (κ2) is 9.34. The monoisotopic (exact) mass is 345 g/mol. The molecule has 0 amide bonds. The predicted octanol–water partition coefficient (Wildman–Crippen LogP) is 2.99. The van der Waals surface area contributed by atoms with E-state index in [1.165, 1.54) is 0 Å². The van der Waals surface area contributed by atoms with Crippen molar-refractivity contribution < 1.29 is 14.6 Å². The highest BCUT2D eigenvalue weighted by molar-refractivity contribution is 9.10. The SMILES string of the molecule is COCCCN(CCOC)c1ccc(C(C)O)cc1Br. The molecule has 0 heterocycles. The van der Waals surface area contributed by atoms with Gasteiger partial charge in [-0.1, -0.05) is 6.07 Å². The van der Waals surface area contributed by atoms with Crippen LogP contribution in [0, 0.1) is 0 Å². The van der Waals surface area contributed by atoms with Crippen LogP contribution in [-0.2, 0) is 9.47 Å². The molecule has 114 valence electrons. The van der Waals surface area contributed by atoms with Crippen molar-refractivity contribution in [3.63, 3.8) is 0 Å². The maximum Gasteiger partial charge on any atom is 0.0762 e. The Morgan fingerprint density at radius 2 is 1.90 bits per heavy atom. The van der Waals surface area contributed by atoms with E-state index in [0.29, 0.717) is 6.61 Å². The van der Waals surface area contributed by atoms with E-state index in [9.17, 15) is 5.11 Å². The van der Waals surface area contributed by atoms with Gasteiger partial charge in [-0.05, 0) is 47.0 Å². The summed E-state index contributed by atoms with van der Waals surface area (Å²) in [4.78, 5) is 2.26. The van der Waals surface area contributed by atoms with Crippen LogP contribution in [0.2, 0.25) is 0 Å². The number of hydrogen-bond acceptors (Lipinski definition) is 4. The molecule has 1 atom stereocenters. The molecule has 20 heavy (non-hydrogen) atoms. The van der Waals surface area contributed by atoms with Crippen LogP contribution < -0.4 is 4.90 Å². The number of methoxy groups -OCH3 is 2. The number of halogens is 1. The van der Waals surface area contributed by atoms with Crippen LogP contribution in [0.15, 0.2) is 22.7 Å². The Balaban J connectivity index is 2.82. The lowest BCUT2D eigenvalue weighted by Gasteiger charge is -2.26. The molecule has 0 aliphatic rings. The zero-order chi connectivity index (χ0) is 15.0. The van der Waals surface area contributed by atoms with E-state index < -0.39 is 6.10 Å². The summed E-state index contributed by atoms with van der Waals surface area (Å²) in [5.41, 5.74) is 2.02. The van der Waals surface area contributed by atoms with Gasteiger partial charge in [0, 0.05) is 38.4 Å². The van der Waals surface area contributed by atoms with Crippen molar-refractivity contribution in [2.75, 3.05) is 45.4 Å². The highest BCUT2D eigenvalue weighted by atomic mass is 79.9. The molecule has 0 saturated carbocycles. The molecule has 1 unspecified atom stereocenters. The molecule has 4 nitrogen and oxygen atoms in total. The van der Waals surface area contributed by atoms with E-state index in [-0.39, 0.29) is 0 Å². The average molecular weight is 346 g/mol. The van der Waals surface area contributed by atoms with Crippen LogP contribution in [0.1, 0.15) is 25.0 Å². The molecule has 1 rings (SSSR count). The minimum absolute atomic E-state index is 0.457. The fraction of sp³-hybridized carbons (Fsp3) is 0.600. The van der Waals surface area contributed by atoms with Crippen molar-refractivity contribution >= 4 is 21.6 Å². The summed E-state index contributed by atoms with van der Waals surface area (Å²) >= 11 is 3.59. The number of hydrogen-bond donors (Lipinski definition) is 1. The van der Waals surface area contributed by atoms with Gasteiger partial charge in [0.1, 0.15) is 0 Å². The highest BCUT2D eigenvalue weighted by Crippen LogP contribution is 2.29. The predicted molar refractivity (Wildman–Crippen MR) is 85.4 cm³/mol. The Morgan fingerprint density at radius 1 is 1.20 bits per heavy atom. The second-order valence-corrected chi connectivity index (χ2v) is 5.57. The number of ether oxygens (including phenoxy) is 2. The zero-order valence-electron chi connectivity index (χ0n) is 12.4. The van der Waals surface area contributed by atoms with Crippen molar-refractivity contribution in [1.82, 2.24) is 0 Å². The number of nitrogens with zero attached hydrogens (tertiary/aromatic N) is 1. The topological polar surface area (TPSA) is 41.9 Å². The van der Waals surface area contributed by atoms with E-state index in [1.807, 2.05) is 18.2 Å². The van der Waals surface area contributed by atoms with Gasteiger partial charge in [0.05, 0.1) is 18.4 Å². The van der Waals surface area contributed by atoms with Gasteiger partial charge in [0.15, 0.2) is 0 Å². The first-order valence-corrected chi connectivity index (χ1v) is 7.59. The Morgan fingerprint density at radius 3 is 2.45 bits per heavy atom. The molecule has 1 aromatic carbocycles.